The molecule has 1 aromatic heterocycles. The first-order valence-corrected chi connectivity index (χ1v) is 12.6. The van der Waals surface area contributed by atoms with E-state index in [-0.39, 0.29) is 28.8 Å². The van der Waals surface area contributed by atoms with Crippen LogP contribution >= 0.6 is 22.9 Å². The van der Waals surface area contributed by atoms with Crippen LogP contribution in [0.2, 0.25) is 5.02 Å². The van der Waals surface area contributed by atoms with Crippen LogP contribution in [0.3, 0.4) is 0 Å². The number of anilines is 2. The Hall–Kier alpha value is -2.10. The van der Waals surface area contributed by atoms with Crippen LogP contribution < -0.4 is 10.6 Å². The van der Waals surface area contributed by atoms with Crippen molar-refractivity contribution < 1.29 is 22.7 Å². The van der Waals surface area contributed by atoms with Gasteiger partial charge in [-0.2, -0.15) is 0 Å². The van der Waals surface area contributed by atoms with E-state index >= 15 is 0 Å². The molecular weight excluding hydrogens is 448 g/mol. The molecule has 1 heterocycles. The van der Waals surface area contributed by atoms with Crippen molar-refractivity contribution in [3.8, 4) is 0 Å². The van der Waals surface area contributed by atoms with Crippen molar-refractivity contribution in [3.63, 3.8) is 0 Å². The monoisotopic (exact) mass is 470 g/mol. The number of hydrogen-bond acceptors (Lipinski definition) is 7. The fraction of sp³-hybridized carbons (Fsp3) is 0.400. The Bertz CT molecular complexity index is 1080. The fourth-order valence-electron chi connectivity index (χ4n) is 3.37. The van der Waals surface area contributed by atoms with Gasteiger partial charge in [0.15, 0.2) is 9.84 Å². The van der Waals surface area contributed by atoms with Crippen molar-refractivity contribution in [1.29, 1.82) is 0 Å². The van der Waals surface area contributed by atoms with Crippen LogP contribution in [0.15, 0.2) is 23.1 Å². The van der Waals surface area contributed by atoms with Crippen LogP contribution in [0.1, 0.15) is 40.6 Å². The summed E-state index contributed by atoms with van der Waals surface area (Å²) in [5, 5.41) is 6.39. The molecule has 0 bridgehead atoms. The summed E-state index contributed by atoms with van der Waals surface area (Å²) in [5.74, 6) is -0.828. The number of thiophene rings is 1. The molecule has 10 heteroatoms. The third kappa shape index (κ3) is 5.14. The molecule has 0 aliphatic heterocycles. The molecule has 0 saturated carbocycles. The lowest BCUT2D eigenvalue weighted by atomic mass is 9.95. The maximum atomic E-state index is 12.6. The Kier molecular flexibility index (Phi) is 7.05. The molecule has 1 aliphatic carbocycles. The van der Waals surface area contributed by atoms with Crippen molar-refractivity contribution in [1.82, 2.24) is 0 Å². The molecule has 1 aliphatic rings. The van der Waals surface area contributed by atoms with Gasteiger partial charge in [-0.15, -0.1) is 11.3 Å². The van der Waals surface area contributed by atoms with Gasteiger partial charge in [0.2, 0.25) is 5.91 Å². The lowest BCUT2D eigenvalue weighted by molar-refractivity contribution is -0.114. The zero-order valence-corrected chi connectivity index (χ0v) is 19.1. The van der Waals surface area contributed by atoms with Crippen molar-refractivity contribution in [2.24, 2.45) is 0 Å². The van der Waals surface area contributed by atoms with Crippen molar-refractivity contribution in [2.75, 3.05) is 30.0 Å². The average Bonchev–Trinajstić information content (AvgIpc) is 3.04. The minimum Gasteiger partial charge on any atom is -0.462 e. The SMILES string of the molecule is CCOC(=O)c1c(NC(=O)CNc2ccc(Cl)cc2S(C)(=O)=O)sc2c1CCCC2. The summed E-state index contributed by atoms with van der Waals surface area (Å²) in [6.07, 6.45) is 4.79. The highest BCUT2D eigenvalue weighted by Gasteiger charge is 2.27. The molecule has 2 N–H and O–H groups in total. The number of fused-ring (bicyclic) bond motifs is 1. The standard InChI is InChI=1S/C20H23ClN2O5S2/c1-3-28-20(25)18-13-6-4-5-7-15(13)29-19(18)23-17(24)11-22-14-9-8-12(21)10-16(14)30(2,26)27/h8-10,22H,3-7,11H2,1-2H3,(H,23,24). The minimum atomic E-state index is -3.53. The number of hydrogen-bond donors (Lipinski definition) is 2. The average molecular weight is 471 g/mol. The normalized spacial score (nSPS) is 13.4. The molecule has 30 heavy (non-hydrogen) atoms. The summed E-state index contributed by atoms with van der Waals surface area (Å²) in [6.45, 7) is 1.82. The van der Waals surface area contributed by atoms with Crippen LogP contribution in [-0.4, -0.2) is 39.7 Å². The third-order valence-corrected chi connectivity index (χ3v) is 7.27. The van der Waals surface area contributed by atoms with E-state index in [1.54, 1.807) is 13.0 Å². The number of benzene rings is 1. The number of nitrogens with one attached hydrogen (secondary N) is 2. The highest BCUT2D eigenvalue weighted by Crippen LogP contribution is 2.38. The topological polar surface area (TPSA) is 102 Å². The second-order valence-corrected chi connectivity index (χ2v) is 10.5. The van der Waals surface area contributed by atoms with Gasteiger partial charge < -0.3 is 15.4 Å². The molecule has 0 unspecified atom stereocenters. The molecular formula is C20H23ClN2O5S2. The van der Waals surface area contributed by atoms with Gasteiger partial charge in [-0.3, -0.25) is 4.79 Å². The van der Waals surface area contributed by atoms with E-state index in [4.69, 9.17) is 16.3 Å². The van der Waals surface area contributed by atoms with Crippen LogP contribution in [0.4, 0.5) is 10.7 Å². The van der Waals surface area contributed by atoms with E-state index < -0.39 is 21.7 Å². The first-order chi connectivity index (χ1) is 14.2. The quantitative estimate of drug-likeness (QED) is 0.595. The van der Waals surface area contributed by atoms with Crippen molar-refractivity contribution >= 4 is 55.3 Å². The molecule has 0 radical (unpaired) electrons. The molecule has 0 spiro atoms. The molecule has 1 aromatic carbocycles. The van der Waals surface area contributed by atoms with E-state index in [1.807, 2.05) is 0 Å². The van der Waals surface area contributed by atoms with E-state index in [0.29, 0.717) is 10.6 Å². The molecule has 2 aromatic rings. The molecule has 7 nitrogen and oxygen atoms in total. The van der Waals surface area contributed by atoms with Gasteiger partial charge in [-0.1, -0.05) is 11.6 Å². The Morgan fingerprint density at radius 1 is 1.23 bits per heavy atom. The van der Waals surface area contributed by atoms with E-state index in [9.17, 15) is 18.0 Å². The molecule has 0 fully saturated rings. The molecule has 0 atom stereocenters. The Labute approximate surface area is 184 Å². The number of halogens is 1. The van der Waals surface area contributed by atoms with Crippen molar-refractivity contribution in [2.45, 2.75) is 37.5 Å². The summed E-state index contributed by atoms with van der Waals surface area (Å²) in [5.41, 5.74) is 1.69. The predicted octanol–water partition coefficient (Wildman–Crippen LogP) is 3.91. The van der Waals surface area contributed by atoms with E-state index in [1.165, 1.54) is 23.5 Å². The Morgan fingerprint density at radius 2 is 1.97 bits per heavy atom. The number of sulfone groups is 1. The highest BCUT2D eigenvalue weighted by molar-refractivity contribution is 7.90. The fourth-order valence-corrected chi connectivity index (χ4v) is 5.78. The first kappa shape index (κ1) is 22.6. The summed E-state index contributed by atoms with van der Waals surface area (Å²) >= 11 is 7.30. The number of rotatable bonds is 7. The largest absolute Gasteiger partial charge is 0.462 e. The second kappa shape index (κ2) is 9.36. The summed E-state index contributed by atoms with van der Waals surface area (Å²) in [6, 6.07) is 4.39. The lowest BCUT2D eigenvalue weighted by Gasteiger charge is -2.13. The minimum absolute atomic E-state index is 0.0154. The smallest absolute Gasteiger partial charge is 0.341 e. The molecule has 1 amide bonds. The van der Waals surface area contributed by atoms with Crippen molar-refractivity contribution in [3.05, 3.63) is 39.2 Å². The number of aryl methyl sites for hydroxylation is 1. The summed E-state index contributed by atoms with van der Waals surface area (Å²) < 4.78 is 29.2. The number of carbonyl (C=O) groups excluding carboxylic acids is 2. The van der Waals surface area contributed by atoms with Crippen LogP contribution in [-0.2, 0) is 32.2 Å². The van der Waals surface area contributed by atoms with Gasteiger partial charge >= 0.3 is 5.97 Å². The van der Waals surface area contributed by atoms with E-state index in [2.05, 4.69) is 10.6 Å². The zero-order valence-electron chi connectivity index (χ0n) is 16.7. The number of carbonyl (C=O) groups is 2. The maximum Gasteiger partial charge on any atom is 0.341 e. The summed E-state index contributed by atoms with van der Waals surface area (Å²) in [7, 11) is -3.53. The van der Waals surface area contributed by atoms with Gasteiger partial charge in [-0.25, -0.2) is 13.2 Å². The number of amides is 1. The zero-order chi connectivity index (χ0) is 21.9. The highest BCUT2D eigenvalue weighted by atomic mass is 35.5. The first-order valence-electron chi connectivity index (χ1n) is 9.55. The van der Waals surface area contributed by atoms with Gasteiger partial charge in [0.05, 0.1) is 29.3 Å². The van der Waals surface area contributed by atoms with Gasteiger partial charge in [0, 0.05) is 16.2 Å². The molecule has 162 valence electrons. The third-order valence-electron chi connectivity index (χ3n) is 4.69. The van der Waals surface area contributed by atoms with Gasteiger partial charge in [0.1, 0.15) is 5.00 Å². The predicted molar refractivity (Wildman–Crippen MR) is 119 cm³/mol. The molecule has 0 saturated heterocycles. The number of ether oxygens (including phenoxy) is 1. The number of esters is 1. The van der Waals surface area contributed by atoms with Crippen LogP contribution in [0.5, 0.6) is 0 Å². The van der Waals surface area contributed by atoms with Gasteiger partial charge in [-0.05, 0) is 56.4 Å². The van der Waals surface area contributed by atoms with E-state index in [0.717, 1.165) is 42.4 Å². The second-order valence-electron chi connectivity index (χ2n) is 6.95. The summed E-state index contributed by atoms with van der Waals surface area (Å²) in [4.78, 5) is 26.2. The van der Waals surface area contributed by atoms with Crippen LogP contribution in [0, 0.1) is 0 Å². The lowest BCUT2D eigenvalue weighted by Crippen LogP contribution is -2.23. The van der Waals surface area contributed by atoms with Crippen LogP contribution in [0.25, 0.3) is 0 Å². The Balaban J connectivity index is 1.78. The maximum absolute atomic E-state index is 12.6. The Morgan fingerprint density at radius 3 is 2.67 bits per heavy atom. The van der Waals surface area contributed by atoms with Gasteiger partial charge in [0.25, 0.3) is 0 Å². The molecule has 3 rings (SSSR count).